The number of aliphatic hydroxyl groups is 1. The summed E-state index contributed by atoms with van der Waals surface area (Å²) in [4.78, 5) is 10.6. The Labute approximate surface area is 53.5 Å². The Morgan fingerprint density at radius 2 is 2.33 bits per heavy atom. The van der Waals surface area contributed by atoms with Gasteiger partial charge in [-0.15, -0.1) is 0 Å². The topological polar surface area (TPSA) is 37.3 Å². The summed E-state index contributed by atoms with van der Waals surface area (Å²) in [5.74, 6) is -0.365. The molecule has 9 heavy (non-hydrogen) atoms. The number of hydrogen-bond acceptors (Lipinski definition) is 2. The molecule has 1 N–H and O–H groups in total. The summed E-state index contributed by atoms with van der Waals surface area (Å²) in [6.45, 7) is 1.75. The number of hydrogen-bond donors (Lipinski definition) is 1. The van der Waals surface area contributed by atoms with E-state index in [0.29, 0.717) is 6.42 Å². The van der Waals surface area contributed by atoms with E-state index in [1.807, 2.05) is 0 Å². The normalized spacial score (nSPS) is 19.0. The lowest BCUT2D eigenvalue weighted by molar-refractivity contribution is -0.113. The SMILES string of the molecule is CC1=C(O)C(=O)C=CC1. The van der Waals surface area contributed by atoms with Crippen molar-refractivity contribution >= 4 is 5.78 Å². The molecule has 0 radical (unpaired) electrons. The highest BCUT2D eigenvalue weighted by Gasteiger charge is 2.10. The van der Waals surface area contributed by atoms with Crippen LogP contribution in [0.5, 0.6) is 0 Å². The van der Waals surface area contributed by atoms with Crippen LogP contribution in [-0.2, 0) is 4.79 Å². The molecule has 0 unspecified atom stereocenters. The van der Waals surface area contributed by atoms with Gasteiger partial charge in [-0.1, -0.05) is 6.08 Å². The number of ketones is 1. The van der Waals surface area contributed by atoms with Crippen molar-refractivity contribution in [1.82, 2.24) is 0 Å². The minimum atomic E-state index is -0.279. The van der Waals surface area contributed by atoms with Crippen molar-refractivity contribution in [2.75, 3.05) is 0 Å². The van der Waals surface area contributed by atoms with E-state index in [0.717, 1.165) is 5.57 Å². The molecule has 0 spiro atoms. The Morgan fingerprint density at radius 1 is 1.67 bits per heavy atom. The molecule has 0 saturated heterocycles. The molecule has 0 heterocycles. The molecule has 1 aliphatic carbocycles. The highest BCUT2D eigenvalue weighted by molar-refractivity contribution is 6.03. The van der Waals surface area contributed by atoms with E-state index in [1.54, 1.807) is 13.0 Å². The summed E-state index contributed by atoms with van der Waals surface area (Å²) in [5, 5.41) is 8.93. The quantitative estimate of drug-likeness (QED) is 0.529. The van der Waals surface area contributed by atoms with E-state index < -0.39 is 0 Å². The van der Waals surface area contributed by atoms with Crippen molar-refractivity contribution in [3.63, 3.8) is 0 Å². The third-order valence-corrected chi connectivity index (χ3v) is 1.33. The molecule has 0 aromatic heterocycles. The first-order valence-electron chi connectivity index (χ1n) is 2.81. The maximum Gasteiger partial charge on any atom is 0.219 e. The molecule has 0 bridgehead atoms. The van der Waals surface area contributed by atoms with Gasteiger partial charge in [-0.25, -0.2) is 0 Å². The number of allylic oxidation sites excluding steroid dienone is 3. The number of carbonyl (C=O) groups is 1. The zero-order valence-corrected chi connectivity index (χ0v) is 5.22. The van der Waals surface area contributed by atoms with Crippen LogP contribution in [0.4, 0.5) is 0 Å². The van der Waals surface area contributed by atoms with Gasteiger partial charge in [-0.05, 0) is 25.0 Å². The zero-order valence-electron chi connectivity index (χ0n) is 5.22. The van der Waals surface area contributed by atoms with Gasteiger partial charge in [0.2, 0.25) is 5.78 Å². The lowest BCUT2D eigenvalue weighted by Crippen LogP contribution is -2.03. The molecule has 48 valence electrons. The average Bonchev–Trinajstić information content (AvgIpc) is 1.83. The molecule has 0 fully saturated rings. The molecule has 1 aliphatic rings. The summed E-state index contributed by atoms with van der Waals surface area (Å²) >= 11 is 0. The zero-order chi connectivity index (χ0) is 6.85. The second-order valence-electron chi connectivity index (χ2n) is 2.10. The van der Waals surface area contributed by atoms with Crippen LogP contribution in [0.25, 0.3) is 0 Å². The summed E-state index contributed by atoms with van der Waals surface area (Å²) < 4.78 is 0. The van der Waals surface area contributed by atoms with E-state index in [2.05, 4.69) is 0 Å². The second-order valence-corrected chi connectivity index (χ2v) is 2.10. The Balaban J connectivity index is 2.92. The monoisotopic (exact) mass is 124 g/mol. The molecule has 0 atom stereocenters. The lowest BCUT2D eigenvalue weighted by atomic mass is 10.1. The number of aliphatic hydroxyl groups excluding tert-OH is 1. The maximum absolute atomic E-state index is 10.6. The standard InChI is InChI=1S/C7H8O2/c1-5-3-2-4-6(8)7(5)9/h2,4,9H,3H2,1H3. The van der Waals surface area contributed by atoms with Crippen molar-refractivity contribution < 1.29 is 9.90 Å². The van der Waals surface area contributed by atoms with Crippen molar-refractivity contribution in [2.24, 2.45) is 0 Å². The summed E-state index contributed by atoms with van der Waals surface area (Å²) in [6, 6.07) is 0. The third kappa shape index (κ3) is 1.02. The molecule has 0 aromatic carbocycles. The fourth-order valence-corrected chi connectivity index (χ4v) is 0.729. The molecular weight excluding hydrogens is 116 g/mol. The summed E-state index contributed by atoms with van der Waals surface area (Å²) in [7, 11) is 0. The van der Waals surface area contributed by atoms with Gasteiger partial charge in [-0.2, -0.15) is 0 Å². The maximum atomic E-state index is 10.6. The van der Waals surface area contributed by atoms with Gasteiger partial charge in [0.05, 0.1) is 0 Å². The molecule has 0 aromatic rings. The number of carbonyl (C=O) groups excluding carboxylic acids is 1. The van der Waals surface area contributed by atoms with Gasteiger partial charge in [0.15, 0.2) is 5.76 Å². The van der Waals surface area contributed by atoms with Gasteiger partial charge >= 0.3 is 0 Å². The van der Waals surface area contributed by atoms with E-state index in [-0.39, 0.29) is 11.5 Å². The van der Waals surface area contributed by atoms with E-state index >= 15 is 0 Å². The first-order valence-corrected chi connectivity index (χ1v) is 2.81. The van der Waals surface area contributed by atoms with E-state index in [9.17, 15) is 4.79 Å². The van der Waals surface area contributed by atoms with Crippen molar-refractivity contribution in [3.05, 3.63) is 23.5 Å². The van der Waals surface area contributed by atoms with Gasteiger partial charge in [0.1, 0.15) is 0 Å². The van der Waals surface area contributed by atoms with Crippen LogP contribution in [-0.4, -0.2) is 10.9 Å². The van der Waals surface area contributed by atoms with Crippen LogP contribution in [0.15, 0.2) is 23.5 Å². The minimum Gasteiger partial charge on any atom is -0.504 e. The number of rotatable bonds is 0. The highest BCUT2D eigenvalue weighted by atomic mass is 16.3. The first kappa shape index (κ1) is 6.08. The summed E-state index contributed by atoms with van der Waals surface area (Å²) in [6.07, 6.45) is 3.83. The lowest BCUT2D eigenvalue weighted by Gasteiger charge is -2.03. The molecule has 2 nitrogen and oxygen atoms in total. The van der Waals surface area contributed by atoms with Crippen molar-refractivity contribution in [2.45, 2.75) is 13.3 Å². The predicted octanol–water partition coefficient (Wildman–Crippen LogP) is 1.35. The van der Waals surface area contributed by atoms with Gasteiger partial charge in [0.25, 0.3) is 0 Å². The summed E-state index contributed by atoms with van der Waals surface area (Å²) in [5.41, 5.74) is 0.752. The van der Waals surface area contributed by atoms with Crippen LogP contribution < -0.4 is 0 Å². The smallest absolute Gasteiger partial charge is 0.219 e. The van der Waals surface area contributed by atoms with Gasteiger partial charge in [0, 0.05) is 0 Å². The largest absolute Gasteiger partial charge is 0.504 e. The Morgan fingerprint density at radius 3 is 2.78 bits per heavy atom. The fraction of sp³-hybridized carbons (Fsp3) is 0.286. The molecule has 0 amide bonds. The first-order chi connectivity index (χ1) is 4.22. The molecule has 1 rings (SSSR count). The van der Waals surface area contributed by atoms with Crippen LogP contribution >= 0.6 is 0 Å². The molecular formula is C7H8O2. The van der Waals surface area contributed by atoms with Crippen molar-refractivity contribution in [1.29, 1.82) is 0 Å². The molecule has 2 heteroatoms. The van der Waals surface area contributed by atoms with Crippen LogP contribution in [0.2, 0.25) is 0 Å². The van der Waals surface area contributed by atoms with Crippen LogP contribution in [0.3, 0.4) is 0 Å². The Hall–Kier alpha value is -1.05. The van der Waals surface area contributed by atoms with Gasteiger partial charge in [-0.3, -0.25) is 4.79 Å². The van der Waals surface area contributed by atoms with E-state index in [4.69, 9.17) is 5.11 Å². The minimum absolute atomic E-state index is 0.0856. The predicted molar refractivity (Wildman–Crippen MR) is 34.1 cm³/mol. The van der Waals surface area contributed by atoms with Gasteiger partial charge < -0.3 is 5.11 Å². The average molecular weight is 124 g/mol. The molecule has 0 aliphatic heterocycles. The fourth-order valence-electron chi connectivity index (χ4n) is 0.729. The van der Waals surface area contributed by atoms with E-state index in [1.165, 1.54) is 6.08 Å². The van der Waals surface area contributed by atoms with Crippen LogP contribution in [0, 0.1) is 0 Å². The highest BCUT2D eigenvalue weighted by Crippen LogP contribution is 2.12. The van der Waals surface area contributed by atoms with Crippen LogP contribution in [0.1, 0.15) is 13.3 Å². The second kappa shape index (κ2) is 2.05. The molecule has 0 saturated carbocycles. The van der Waals surface area contributed by atoms with Crippen molar-refractivity contribution in [3.8, 4) is 0 Å². The Bertz CT molecular complexity index is 199. The third-order valence-electron chi connectivity index (χ3n) is 1.33. The Kier molecular flexibility index (Phi) is 1.39.